The molecule has 1 heterocycles. The third kappa shape index (κ3) is 15.7. The summed E-state index contributed by atoms with van der Waals surface area (Å²) >= 11 is 0. The van der Waals surface area contributed by atoms with E-state index in [-0.39, 0.29) is 0 Å². The number of hydrogen-bond donors (Lipinski definition) is 3. The topological polar surface area (TPSA) is 86.6 Å². The molecule has 0 aromatic carbocycles. The predicted molar refractivity (Wildman–Crippen MR) is 36.3 cm³/mol. The molecule has 0 aliphatic carbocycles. The minimum Gasteiger partial charge on any atom is -0.317 e. The molecule has 6 heteroatoms. The average Bonchev–Trinajstić information content (AvgIpc) is 2.07. The lowest BCUT2D eigenvalue weighted by Crippen LogP contribution is -2.03. The fourth-order valence-corrected chi connectivity index (χ4v) is 0.625. The van der Waals surface area contributed by atoms with Gasteiger partial charge in [-0.05, 0) is 25.9 Å². The van der Waals surface area contributed by atoms with Gasteiger partial charge in [0, 0.05) is 0 Å². The SMILES string of the molecule is C1CCNC1.O=S(=O)(O)O. The molecule has 0 amide bonds. The molecule has 1 rings (SSSR count). The van der Waals surface area contributed by atoms with Crippen LogP contribution < -0.4 is 5.32 Å². The van der Waals surface area contributed by atoms with E-state index < -0.39 is 10.4 Å². The van der Waals surface area contributed by atoms with Crippen molar-refractivity contribution in [2.75, 3.05) is 13.1 Å². The summed E-state index contributed by atoms with van der Waals surface area (Å²) in [5, 5.41) is 3.22. The Bertz CT molecular complexity index is 144. The summed E-state index contributed by atoms with van der Waals surface area (Å²) in [6.07, 6.45) is 2.78. The molecule has 0 saturated carbocycles. The lowest BCUT2D eigenvalue weighted by Gasteiger charge is -1.76. The molecule has 62 valence electrons. The Kier molecular flexibility index (Phi) is 4.54. The maximum atomic E-state index is 8.74. The molecule has 1 fully saturated rings. The van der Waals surface area contributed by atoms with Crippen LogP contribution in [0.2, 0.25) is 0 Å². The third-order valence-electron chi connectivity index (χ3n) is 0.957. The van der Waals surface area contributed by atoms with E-state index in [2.05, 4.69) is 5.32 Å². The molecule has 3 N–H and O–H groups in total. The van der Waals surface area contributed by atoms with Crippen LogP contribution in [0.5, 0.6) is 0 Å². The predicted octanol–water partition coefficient (Wildman–Crippen LogP) is -0.283. The summed E-state index contributed by atoms with van der Waals surface area (Å²) in [6, 6.07) is 0. The Morgan fingerprint density at radius 1 is 1.10 bits per heavy atom. The van der Waals surface area contributed by atoms with Crippen molar-refractivity contribution in [2.45, 2.75) is 12.8 Å². The molecular weight excluding hydrogens is 158 g/mol. The van der Waals surface area contributed by atoms with Gasteiger partial charge in [-0.25, -0.2) is 0 Å². The molecule has 0 aromatic heterocycles. The summed E-state index contributed by atoms with van der Waals surface area (Å²) < 4.78 is 31.6. The highest BCUT2D eigenvalue weighted by Crippen LogP contribution is 1.90. The Morgan fingerprint density at radius 2 is 1.40 bits per heavy atom. The maximum Gasteiger partial charge on any atom is 0.394 e. The van der Waals surface area contributed by atoms with E-state index in [1.165, 1.54) is 25.9 Å². The van der Waals surface area contributed by atoms with Crippen LogP contribution in [0.25, 0.3) is 0 Å². The van der Waals surface area contributed by atoms with Gasteiger partial charge in [0.15, 0.2) is 0 Å². The Labute approximate surface area is 60.0 Å². The highest BCUT2D eigenvalue weighted by molar-refractivity contribution is 7.79. The zero-order valence-electron chi connectivity index (χ0n) is 5.45. The molecular formula is C4H11NO4S. The molecule has 0 unspecified atom stereocenters. The Morgan fingerprint density at radius 3 is 1.50 bits per heavy atom. The summed E-state index contributed by atoms with van der Waals surface area (Å²) in [5.74, 6) is 0. The Hall–Kier alpha value is -0.170. The fourth-order valence-electron chi connectivity index (χ4n) is 0.625. The third-order valence-corrected chi connectivity index (χ3v) is 0.957. The van der Waals surface area contributed by atoms with Gasteiger partial charge < -0.3 is 5.32 Å². The minimum atomic E-state index is -4.67. The van der Waals surface area contributed by atoms with Gasteiger partial charge in [0.25, 0.3) is 0 Å². The van der Waals surface area contributed by atoms with Gasteiger partial charge in [0.2, 0.25) is 0 Å². The van der Waals surface area contributed by atoms with Gasteiger partial charge in [0.1, 0.15) is 0 Å². The molecule has 1 aliphatic heterocycles. The van der Waals surface area contributed by atoms with Gasteiger partial charge >= 0.3 is 10.4 Å². The highest BCUT2D eigenvalue weighted by Gasteiger charge is 1.93. The summed E-state index contributed by atoms with van der Waals surface area (Å²) in [5.41, 5.74) is 0. The second-order valence-corrected chi connectivity index (χ2v) is 2.80. The van der Waals surface area contributed by atoms with Crippen molar-refractivity contribution >= 4 is 10.4 Å². The monoisotopic (exact) mass is 169 g/mol. The number of rotatable bonds is 0. The molecule has 1 aliphatic rings. The van der Waals surface area contributed by atoms with E-state index >= 15 is 0 Å². The van der Waals surface area contributed by atoms with Gasteiger partial charge in [-0.3, -0.25) is 9.11 Å². The van der Waals surface area contributed by atoms with Crippen molar-refractivity contribution in [3.63, 3.8) is 0 Å². The summed E-state index contributed by atoms with van der Waals surface area (Å²) in [4.78, 5) is 0. The second kappa shape index (κ2) is 4.62. The van der Waals surface area contributed by atoms with Crippen molar-refractivity contribution in [2.24, 2.45) is 0 Å². The first kappa shape index (κ1) is 9.83. The van der Waals surface area contributed by atoms with Crippen LogP contribution in [-0.4, -0.2) is 30.6 Å². The first-order valence-corrected chi connectivity index (χ1v) is 4.30. The Balaban J connectivity index is 0.000000162. The van der Waals surface area contributed by atoms with Crippen molar-refractivity contribution in [3.8, 4) is 0 Å². The maximum absolute atomic E-state index is 8.74. The first-order chi connectivity index (χ1) is 4.50. The largest absolute Gasteiger partial charge is 0.394 e. The van der Waals surface area contributed by atoms with E-state index in [1.54, 1.807) is 0 Å². The van der Waals surface area contributed by atoms with Crippen LogP contribution in [0.15, 0.2) is 0 Å². The van der Waals surface area contributed by atoms with Crippen molar-refractivity contribution < 1.29 is 17.5 Å². The normalized spacial score (nSPS) is 17.8. The molecule has 0 bridgehead atoms. The molecule has 0 radical (unpaired) electrons. The lowest BCUT2D eigenvalue weighted by atomic mass is 10.4. The summed E-state index contributed by atoms with van der Waals surface area (Å²) in [6.45, 7) is 2.50. The van der Waals surface area contributed by atoms with Crippen LogP contribution in [-0.2, 0) is 10.4 Å². The zero-order valence-corrected chi connectivity index (χ0v) is 6.26. The van der Waals surface area contributed by atoms with Gasteiger partial charge in [-0.1, -0.05) is 0 Å². The van der Waals surface area contributed by atoms with E-state index in [4.69, 9.17) is 17.5 Å². The van der Waals surface area contributed by atoms with Crippen molar-refractivity contribution in [1.82, 2.24) is 5.32 Å². The zero-order chi connectivity index (χ0) is 8.04. The summed E-state index contributed by atoms with van der Waals surface area (Å²) in [7, 11) is -4.67. The fraction of sp³-hybridized carbons (Fsp3) is 1.00. The van der Waals surface area contributed by atoms with E-state index in [0.29, 0.717) is 0 Å². The van der Waals surface area contributed by atoms with Gasteiger partial charge in [-0.2, -0.15) is 8.42 Å². The quantitative estimate of drug-likeness (QED) is 0.434. The van der Waals surface area contributed by atoms with Crippen LogP contribution in [0.4, 0.5) is 0 Å². The molecule has 0 atom stereocenters. The smallest absolute Gasteiger partial charge is 0.317 e. The molecule has 5 nitrogen and oxygen atoms in total. The van der Waals surface area contributed by atoms with E-state index in [0.717, 1.165) is 0 Å². The standard InChI is InChI=1S/C4H9N.H2O4S/c1-2-4-5-3-1;1-5(2,3)4/h5H,1-4H2;(H2,1,2,3,4). The molecule has 0 spiro atoms. The lowest BCUT2D eigenvalue weighted by molar-refractivity contribution is 0.381. The van der Waals surface area contributed by atoms with Crippen molar-refractivity contribution in [1.29, 1.82) is 0 Å². The first-order valence-electron chi connectivity index (χ1n) is 2.91. The molecule has 10 heavy (non-hydrogen) atoms. The second-order valence-electron chi connectivity index (χ2n) is 1.90. The van der Waals surface area contributed by atoms with Gasteiger partial charge in [-0.15, -0.1) is 0 Å². The molecule has 0 aromatic rings. The minimum absolute atomic E-state index is 1.25. The number of nitrogens with one attached hydrogen (secondary N) is 1. The highest BCUT2D eigenvalue weighted by atomic mass is 32.3. The van der Waals surface area contributed by atoms with Crippen molar-refractivity contribution in [3.05, 3.63) is 0 Å². The van der Waals surface area contributed by atoms with E-state index in [9.17, 15) is 0 Å². The molecule has 1 saturated heterocycles. The van der Waals surface area contributed by atoms with Gasteiger partial charge in [0.05, 0.1) is 0 Å². The van der Waals surface area contributed by atoms with Crippen LogP contribution in [0.1, 0.15) is 12.8 Å². The van der Waals surface area contributed by atoms with Crippen LogP contribution >= 0.6 is 0 Å². The van der Waals surface area contributed by atoms with E-state index in [1.807, 2.05) is 0 Å². The number of hydrogen-bond acceptors (Lipinski definition) is 3. The van der Waals surface area contributed by atoms with Crippen LogP contribution in [0, 0.1) is 0 Å². The average molecular weight is 169 g/mol. The van der Waals surface area contributed by atoms with Crippen LogP contribution in [0.3, 0.4) is 0 Å².